The number of aliphatic hydroxyl groups is 1. The maximum atomic E-state index is 12.9. The van der Waals surface area contributed by atoms with Gasteiger partial charge in [-0.2, -0.15) is 0 Å². The number of hydrogen-bond acceptors (Lipinski definition) is 6. The number of carbonyl (C=O) groups is 1. The third-order valence-electron chi connectivity index (χ3n) is 5.15. The highest BCUT2D eigenvalue weighted by Crippen LogP contribution is 2.32. The predicted octanol–water partition coefficient (Wildman–Crippen LogP) is 4.89. The summed E-state index contributed by atoms with van der Waals surface area (Å²) in [4.78, 5) is 11.4. The molecule has 0 aromatic heterocycles. The van der Waals surface area contributed by atoms with Gasteiger partial charge in [0, 0.05) is 6.54 Å². The molecule has 11 heteroatoms. The van der Waals surface area contributed by atoms with Crippen molar-refractivity contribution in [2.75, 3.05) is 12.3 Å². The van der Waals surface area contributed by atoms with E-state index in [0.29, 0.717) is 0 Å². The van der Waals surface area contributed by atoms with E-state index in [9.17, 15) is 31.5 Å². The van der Waals surface area contributed by atoms with Crippen LogP contribution in [0, 0.1) is 5.92 Å². The van der Waals surface area contributed by atoms with Gasteiger partial charge in [0.05, 0.1) is 16.8 Å². The van der Waals surface area contributed by atoms with Crippen LogP contribution in [0.4, 0.5) is 18.0 Å². The Kier molecular flexibility index (Phi) is 9.03. The van der Waals surface area contributed by atoms with E-state index in [1.54, 1.807) is 20.8 Å². The number of halogens is 3. The molecule has 188 valence electrons. The summed E-state index contributed by atoms with van der Waals surface area (Å²) in [6.07, 6.45) is -2.74. The standard InChI is InChI=1S/C22H32F3NO6S/c1-21(2,3)32-20(28)26-10-9-19(27)16-11-17(31-22(23,24)25)13-18(12-16)33(29,30)14-15-7-5-4-6-8-15/h11-13,15,19,27H,4-10,14H2,1-3H3,(H,26,28). The topological polar surface area (TPSA) is 102 Å². The summed E-state index contributed by atoms with van der Waals surface area (Å²) in [5.41, 5.74) is -0.766. The highest BCUT2D eigenvalue weighted by Gasteiger charge is 2.32. The first kappa shape index (κ1) is 27.2. The summed E-state index contributed by atoms with van der Waals surface area (Å²) >= 11 is 0. The zero-order valence-corrected chi connectivity index (χ0v) is 19.9. The van der Waals surface area contributed by atoms with Gasteiger partial charge in [-0.15, -0.1) is 13.2 Å². The Morgan fingerprint density at radius 2 is 1.79 bits per heavy atom. The second-order valence-electron chi connectivity index (χ2n) is 9.30. The Bertz CT molecular complexity index is 906. The van der Waals surface area contributed by atoms with Crippen molar-refractivity contribution < 1.29 is 41.0 Å². The molecule has 1 aliphatic rings. The number of alkyl carbamates (subject to hydrolysis) is 1. The molecule has 0 spiro atoms. The summed E-state index contributed by atoms with van der Waals surface area (Å²) in [6.45, 7) is 5.01. The quantitative estimate of drug-likeness (QED) is 0.533. The molecule has 0 aliphatic heterocycles. The van der Waals surface area contributed by atoms with Gasteiger partial charge in [0.25, 0.3) is 0 Å². The number of benzene rings is 1. The van der Waals surface area contributed by atoms with E-state index in [-0.39, 0.29) is 35.1 Å². The van der Waals surface area contributed by atoms with Crippen LogP contribution in [0.5, 0.6) is 5.75 Å². The summed E-state index contributed by atoms with van der Waals surface area (Å²) in [5.74, 6) is -0.943. The van der Waals surface area contributed by atoms with Gasteiger partial charge in [0.2, 0.25) is 0 Å². The summed E-state index contributed by atoms with van der Waals surface area (Å²) in [5, 5.41) is 12.9. The van der Waals surface area contributed by atoms with Gasteiger partial charge in [-0.05, 0) is 69.7 Å². The number of hydrogen-bond donors (Lipinski definition) is 2. The second kappa shape index (κ2) is 10.9. The molecule has 1 aromatic carbocycles. The first-order valence-corrected chi connectivity index (χ1v) is 12.6. The largest absolute Gasteiger partial charge is 0.573 e. The van der Waals surface area contributed by atoms with Crippen LogP contribution in [0.1, 0.15) is 71.0 Å². The summed E-state index contributed by atoms with van der Waals surface area (Å²) < 4.78 is 73.3. The Morgan fingerprint density at radius 1 is 1.15 bits per heavy atom. The van der Waals surface area contributed by atoms with Crippen molar-refractivity contribution >= 4 is 15.9 Å². The maximum Gasteiger partial charge on any atom is 0.573 e. The van der Waals surface area contributed by atoms with Gasteiger partial charge in [-0.25, -0.2) is 13.2 Å². The van der Waals surface area contributed by atoms with Gasteiger partial charge in [-0.1, -0.05) is 19.3 Å². The molecule has 1 fully saturated rings. The minimum Gasteiger partial charge on any atom is -0.444 e. The molecule has 1 unspecified atom stereocenters. The van der Waals surface area contributed by atoms with Crippen molar-refractivity contribution in [3.8, 4) is 5.75 Å². The molecule has 2 rings (SSSR count). The van der Waals surface area contributed by atoms with Crippen molar-refractivity contribution in [1.82, 2.24) is 5.32 Å². The third kappa shape index (κ3) is 9.79. The van der Waals surface area contributed by atoms with Crippen LogP contribution in [0.25, 0.3) is 0 Å². The van der Waals surface area contributed by atoms with Crippen LogP contribution < -0.4 is 10.1 Å². The van der Waals surface area contributed by atoms with E-state index < -0.39 is 39.7 Å². The fraction of sp³-hybridized carbons (Fsp3) is 0.682. The Balaban J connectivity index is 2.18. The van der Waals surface area contributed by atoms with Crippen molar-refractivity contribution in [3.63, 3.8) is 0 Å². The number of rotatable bonds is 8. The first-order valence-electron chi connectivity index (χ1n) is 10.9. The number of carbonyl (C=O) groups excluding carboxylic acids is 1. The number of aliphatic hydroxyl groups excluding tert-OH is 1. The SMILES string of the molecule is CC(C)(C)OC(=O)NCCC(O)c1cc(OC(F)(F)F)cc(S(=O)(=O)CC2CCCCC2)c1. The fourth-order valence-corrected chi connectivity index (χ4v) is 5.47. The highest BCUT2D eigenvalue weighted by molar-refractivity contribution is 7.91. The van der Waals surface area contributed by atoms with Crippen LogP contribution in [-0.4, -0.2) is 43.9 Å². The normalized spacial score (nSPS) is 16.8. The lowest BCUT2D eigenvalue weighted by molar-refractivity contribution is -0.274. The lowest BCUT2D eigenvalue weighted by Crippen LogP contribution is -2.33. The molecular weight excluding hydrogens is 463 g/mol. The Labute approximate surface area is 192 Å². The van der Waals surface area contributed by atoms with Crippen LogP contribution in [-0.2, 0) is 14.6 Å². The van der Waals surface area contributed by atoms with E-state index >= 15 is 0 Å². The molecule has 2 N–H and O–H groups in total. The third-order valence-corrected chi connectivity index (χ3v) is 7.01. The number of amides is 1. The van der Waals surface area contributed by atoms with Crippen LogP contribution in [0.3, 0.4) is 0 Å². The number of ether oxygens (including phenoxy) is 2. The van der Waals surface area contributed by atoms with E-state index in [1.165, 1.54) is 6.07 Å². The monoisotopic (exact) mass is 495 g/mol. The van der Waals surface area contributed by atoms with Crippen molar-refractivity contribution in [3.05, 3.63) is 23.8 Å². The highest BCUT2D eigenvalue weighted by atomic mass is 32.2. The van der Waals surface area contributed by atoms with E-state index in [4.69, 9.17) is 4.74 Å². The number of sulfone groups is 1. The molecule has 0 radical (unpaired) electrons. The van der Waals surface area contributed by atoms with E-state index in [1.807, 2.05) is 0 Å². The van der Waals surface area contributed by atoms with Crippen LogP contribution in [0.15, 0.2) is 23.1 Å². The van der Waals surface area contributed by atoms with E-state index in [2.05, 4.69) is 10.1 Å². The zero-order valence-electron chi connectivity index (χ0n) is 19.1. The summed E-state index contributed by atoms with van der Waals surface area (Å²) in [6, 6.07) is 2.95. The van der Waals surface area contributed by atoms with Gasteiger partial charge in [-0.3, -0.25) is 0 Å². The van der Waals surface area contributed by atoms with Gasteiger partial charge >= 0.3 is 12.5 Å². The molecular formula is C22H32F3NO6S. The van der Waals surface area contributed by atoms with E-state index in [0.717, 1.165) is 44.2 Å². The molecule has 1 atom stereocenters. The second-order valence-corrected chi connectivity index (χ2v) is 11.3. The minimum absolute atomic E-state index is 0.0371. The molecule has 1 aromatic rings. The molecule has 0 heterocycles. The maximum absolute atomic E-state index is 12.9. The van der Waals surface area contributed by atoms with Gasteiger partial charge in [0.1, 0.15) is 11.4 Å². The number of alkyl halides is 3. The first-order chi connectivity index (χ1) is 15.1. The van der Waals surface area contributed by atoms with Crippen molar-refractivity contribution in [1.29, 1.82) is 0 Å². The molecule has 1 aliphatic carbocycles. The lowest BCUT2D eigenvalue weighted by Gasteiger charge is -2.22. The number of nitrogens with one attached hydrogen (secondary N) is 1. The molecule has 1 amide bonds. The molecule has 1 saturated carbocycles. The fourth-order valence-electron chi connectivity index (χ4n) is 3.71. The van der Waals surface area contributed by atoms with Gasteiger partial charge < -0.3 is 19.9 Å². The van der Waals surface area contributed by atoms with Crippen molar-refractivity contribution in [2.24, 2.45) is 5.92 Å². The Morgan fingerprint density at radius 3 is 2.36 bits per heavy atom. The molecule has 0 saturated heterocycles. The van der Waals surface area contributed by atoms with Crippen LogP contribution >= 0.6 is 0 Å². The Hall–Kier alpha value is -2.01. The summed E-state index contributed by atoms with van der Waals surface area (Å²) in [7, 11) is -3.90. The smallest absolute Gasteiger partial charge is 0.444 e. The molecule has 33 heavy (non-hydrogen) atoms. The molecule has 7 nitrogen and oxygen atoms in total. The lowest BCUT2D eigenvalue weighted by atomic mass is 9.91. The average Bonchev–Trinajstić information content (AvgIpc) is 2.65. The zero-order chi connectivity index (χ0) is 24.9. The van der Waals surface area contributed by atoms with Crippen molar-refractivity contribution in [2.45, 2.75) is 82.3 Å². The predicted molar refractivity (Wildman–Crippen MR) is 116 cm³/mol. The van der Waals surface area contributed by atoms with Crippen LogP contribution in [0.2, 0.25) is 0 Å². The average molecular weight is 496 g/mol. The van der Waals surface area contributed by atoms with Gasteiger partial charge in [0.15, 0.2) is 9.84 Å². The minimum atomic E-state index is -5.02. The molecule has 0 bridgehead atoms.